The minimum Gasteiger partial charge on any atom is -0.496 e. The molecule has 1 aromatic heterocycles. The van der Waals surface area contributed by atoms with E-state index >= 15 is 0 Å². The van der Waals surface area contributed by atoms with Crippen LogP contribution in [0.15, 0.2) is 18.2 Å². The van der Waals surface area contributed by atoms with Crippen molar-refractivity contribution in [1.29, 1.82) is 0 Å². The van der Waals surface area contributed by atoms with Gasteiger partial charge in [-0.05, 0) is 19.9 Å². The number of H-pyrrole nitrogens is 1. The van der Waals surface area contributed by atoms with Gasteiger partial charge in [-0.15, -0.1) is 0 Å². The van der Waals surface area contributed by atoms with Gasteiger partial charge >= 0.3 is 0 Å². The molecule has 0 aliphatic heterocycles. The van der Waals surface area contributed by atoms with Crippen molar-refractivity contribution < 1.29 is 14.5 Å². The molecule has 0 atom stereocenters. The Labute approximate surface area is 120 Å². The zero-order valence-electron chi connectivity index (χ0n) is 11.8. The maximum absolute atomic E-state index is 12.3. The zero-order valence-corrected chi connectivity index (χ0v) is 11.8. The highest BCUT2D eigenvalue weighted by Crippen LogP contribution is 2.29. The van der Waals surface area contributed by atoms with Crippen LogP contribution in [0.4, 0.5) is 11.5 Å². The predicted molar refractivity (Wildman–Crippen MR) is 75.7 cm³/mol. The molecule has 1 aromatic carbocycles. The second-order valence-corrected chi connectivity index (χ2v) is 4.39. The fourth-order valence-electron chi connectivity index (χ4n) is 1.85. The molecule has 0 unspecified atom stereocenters. The molecule has 0 spiro atoms. The van der Waals surface area contributed by atoms with Crippen LogP contribution in [-0.2, 0) is 0 Å². The topological polar surface area (TPSA) is 110 Å². The molecular weight excluding hydrogens is 276 g/mol. The number of ether oxygens (including phenoxy) is 1. The summed E-state index contributed by atoms with van der Waals surface area (Å²) in [6.07, 6.45) is 0. The Hall–Kier alpha value is -2.90. The largest absolute Gasteiger partial charge is 0.496 e. The molecule has 0 radical (unpaired) electrons. The van der Waals surface area contributed by atoms with Crippen LogP contribution in [0, 0.1) is 24.0 Å². The number of aromatic amines is 1. The number of amides is 1. The van der Waals surface area contributed by atoms with Crippen LogP contribution < -0.4 is 10.1 Å². The monoisotopic (exact) mass is 290 g/mol. The fraction of sp³-hybridized carbons (Fsp3) is 0.231. The van der Waals surface area contributed by atoms with Crippen LogP contribution in [-0.4, -0.2) is 28.1 Å². The van der Waals surface area contributed by atoms with E-state index in [1.807, 2.05) is 6.92 Å². The van der Waals surface area contributed by atoms with E-state index in [-0.39, 0.29) is 17.0 Å². The molecule has 0 aliphatic carbocycles. The van der Waals surface area contributed by atoms with E-state index in [1.165, 1.54) is 25.3 Å². The molecular formula is C13H14N4O4. The number of anilines is 1. The van der Waals surface area contributed by atoms with Gasteiger partial charge in [0.2, 0.25) is 0 Å². The van der Waals surface area contributed by atoms with E-state index in [4.69, 9.17) is 4.74 Å². The number of aryl methyl sites for hydroxylation is 1. The summed E-state index contributed by atoms with van der Waals surface area (Å²) in [7, 11) is 1.35. The zero-order chi connectivity index (χ0) is 15.6. The maximum atomic E-state index is 12.3. The standard InChI is InChI=1S/C13H14N4O4/c1-7-8(2)15-16-12(7)14-13(18)11-9(17(19)20)5-4-6-10(11)21-3/h4-6H,1-3H3,(H2,14,15,16,18). The molecule has 21 heavy (non-hydrogen) atoms. The number of carbonyl (C=O) groups is 1. The fourth-order valence-corrected chi connectivity index (χ4v) is 1.85. The highest BCUT2D eigenvalue weighted by atomic mass is 16.6. The summed E-state index contributed by atoms with van der Waals surface area (Å²) >= 11 is 0. The normalized spacial score (nSPS) is 10.2. The van der Waals surface area contributed by atoms with E-state index in [1.54, 1.807) is 6.92 Å². The lowest BCUT2D eigenvalue weighted by atomic mass is 10.1. The van der Waals surface area contributed by atoms with Crippen LogP contribution in [0.1, 0.15) is 21.6 Å². The van der Waals surface area contributed by atoms with Crippen LogP contribution >= 0.6 is 0 Å². The van der Waals surface area contributed by atoms with Crippen molar-refractivity contribution in [1.82, 2.24) is 10.2 Å². The van der Waals surface area contributed by atoms with Crippen LogP contribution in [0.25, 0.3) is 0 Å². The van der Waals surface area contributed by atoms with Gasteiger partial charge in [0.1, 0.15) is 5.75 Å². The smallest absolute Gasteiger partial charge is 0.285 e. The Bertz CT molecular complexity index is 708. The summed E-state index contributed by atoms with van der Waals surface area (Å²) in [4.78, 5) is 22.8. The first-order valence-electron chi connectivity index (χ1n) is 6.10. The number of benzene rings is 1. The lowest BCUT2D eigenvalue weighted by Gasteiger charge is -2.08. The Kier molecular flexibility index (Phi) is 3.88. The number of nitrogens with one attached hydrogen (secondary N) is 2. The number of hydrogen-bond acceptors (Lipinski definition) is 5. The Morgan fingerprint density at radius 1 is 1.43 bits per heavy atom. The molecule has 1 heterocycles. The van der Waals surface area contributed by atoms with E-state index in [0.717, 1.165) is 11.3 Å². The first-order chi connectivity index (χ1) is 9.95. The molecule has 2 N–H and O–H groups in total. The lowest BCUT2D eigenvalue weighted by molar-refractivity contribution is -0.385. The second kappa shape index (κ2) is 5.61. The van der Waals surface area contributed by atoms with Crippen molar-refractivity contribution in [3.05, 3.63) is 45.1 Å². The quantitative estimate of drug-likeness (QED) is 0.662. The molecule has 0 fully saturated rings. The second-order valence-electron chi connectivity index (χ2n) is 4.39. The SMILES string of the molecule is COc1cccc([N+](=O)[O-])c1C(=O)Nc1n[nH]c(C)c1C. The molecule has 0 saturated heterocycles. The third-order valence-electron chi connectivity index (χ3n) is 3.13. The van der Waals surface area contributed by atoms with Crippen molar-refractivity contribution in [3.63, 3.8) is 0 Å². The molecule has 2 aromatic rings. The number of nitro benzene ring substituents is 1. The van der Waals surface area contributed by atoms with E-state index < -0.39 is 10.8 Å². The number of nitro groups is 1. The Balaban J connectivity index is 2.43. The lowest BCUT2D eigenvalue weighted by Crippen LogP contribution is -2.16. The van der Waals surface area contributed by atoms with Crippen molar-refractivity contribution in [3.8, 4) is 5.75 Å². The third kappa shape index (κ3) is 2.69. The molecule has 0 saturated carbocycles. The van der Waals surface area contributed by atoms with Gasteiger partial charge in [0.05, 0.1) is 12.0 Å². The van der Waals surface area contributed by atoms with E-state index in [2.05, 4.69) is 15.5 Å². The van der Waals surface area contributed by atoms with E-state index in [0.29, 0.717) is 5.82 Å². The minimum absolute atomic E-state index is 0.131. The summed E-state index contributed by atoms with van der Waals surface area (Å²) in [5.74, 6) is -0.182. The molecule has 2 rings (SSSR count). The number of aromatic nitrogens is 2. The van der Waals surface area contributed by atoms with Crippen molar-refractivity contribution in [2.24, 2.45) is 0 Å². The van der Waals surface area contributed by atoms with Crippen molar-refractivity contribution >= 4 is 17.4 Å². The van der Waals surface area contributed by atoms with Crippen LogP contribution in [0.3, 0.4) is 0 Å². The Morgan fingerprint density at radius 3 is 2.67 bits per heavy atom. The number of carbonyl (C=O) groups excluding carboxylic acids is 1. The number of methoxy groups -OCH3 is 1. The van der Waals surface area contributed by atoms with Crippen molar-refractivity contribution in [2.45, 2.75) is 13.8 Å². The highest BCUT2D eigenvalue weighted by molar-refractivity contribution is 6.09. The number of hydrogen-bond donors (Lipinski definition) is 2. The van der Waals surface area contributed by atoms with Crippen LogP contribution in [0.5, 0.6) is 5.75 Å². The van der Waals surface area contributed by atoms with Crippen molar-refractivity contribution in [2.75, 3.05) is 12.4 Å². The molecule has 110 valence electrons. The van der Waals surface area contributed by atoms with Gasteiger partial charge in [-0.2, -0.15) is 5.10 Å². The summed E-state index contributed by atoms with van der Waals surface area (Å²) in [5, 5.41) is 20.3. The first kappa shape index (κ1) is 14.5. The van der Waals surface area contributed by atoms with Gasteiger partial charge in [0, 0.05) is 17.3 Å². The van der Waals surface area contributed by atoms with Gasteiger partial charge in [-0.3, -0.25) is 20.0 Å². The molecule has 1 amide bonds. The van der Waals surface area contributed by atoms with Gasteiger partial charge < -0.3 is 10.1 Å². The average Bonchev–Trinajstić information content (AvgIpc) is 2.78. The van der Waals surface area contributed by atoms with Gasteiger partial charge in [0.15, 0.2) is 11.4 Å². The summed E-state index contributed by atoms with van der Waals surface area (Å²) in [5.41, 5.74) is 1.11. The van der Waals surface area contributed by atoms with Gasteiger partial charge in [-0.25, -0.2) is 0 Å². The molecule has 8 heteroatoms. The molecule has 0 aliphatic rings. The van der Waals surface area contributed by atoms with Gasteiger partial charge in [-0.1, -0.05) is 6.07 Å². The average molecular weight is 290 g/mol. The molecule has 8 nitrogen and oxygen atoms in total. The third-order valence-corrected chi connectivity index (χ3v) is 3.13. The maximum Gasteiger partial charge on any atom is 0.285 e. The minimum atomic E-state index is -0.645. The molecule has 0 bridgehead atoms. The summed E-state index contributed by atoms with van der Waals surface area (Å²) in [6.45, 7) is 3.59. The highest BCUT2D eigenvalue weighted by Gasteiger charge is 2.25. The predicted octanol–water partition coefficient (Wildman–Crippen LogP) is 2.20. The van der Waals surface area contributed by atoms with E-state index in [9.17, 15) is 14.9 Å². The number of nitrogens with zero attached hydrogens (tertiary/aromatic N) is 2. The number of rotatable bonds is 4. The summed E-state index contributed by atoms with van der Waals surface area (Å²) < 4.78 is 5.04. The van der Waals surface area contributed by atoms with Gasteiger partial charge in [0.25, 0.3) is 11.6 Å². The van der Waals surface area contributed by atoms with Crippen LogP contribution in [0.2, 0.25) is 0 Å². The summed E-state index contributed by atoms with van der Waals surface area (Å²) in [6, 6.07) is 4.20. The Morgan fingerprint density at radius 2 is 2.14 bits per heavy atom. The first-order valence-corrected chi connectivity index (χ1v) is 6.10.